The molecule has 0 bridgehead atoms. The van der Waals surface area contributed by atoms with E-state index in [9.17, 15) is 4.79 Å². The molecule has 1 saturated carbocycles. The Balaban J connectivity index is 2.16. The molecule has 1 heterocycles. The van der Waals surface area contributed by atoms with Gasteiger partial charge >= 0.3 is 0 Å². The SMILES string of the molecule is O=CC1CC2(CC2)c2ccsc21. The van der Waals surface area contributed by atoms with Crippen molar-refractivity contribution >= 4 is 17.6 Å². The molecule has 1 atom stereocenters. The smallest absolute Gasteiger partial charge is 0.128 e. The van der Waals surface area contributed by atoms with Crippen LogP contribution >= 0.6 is 11.3 Å². The Morgan fingerprint density at radius 3 is 3.08 bits per heavy atom. The third-order valence-electron chi connectivity index (χ3n) is 3.23. The van der Waals surface area contributed by atoms with Crippen molar-refractivity contribution < 1.29 is 4.79 Å². The summed E-state index contributed by atoms with van der Waals surface area (Å²) >= 11 is 1.76. The van der Waals surface area contributed by atoms with E-state index >= 15 is 0 Å². The summed E-state index contributed by atoms with van der Waals surface area (Å²) in [4.78, 5) is 12.1. The molecule has 1 aromatic rings. The van der Waals surface area contributed by atoms with Gasteiger partial charge in [-0.25, -0.2) is 0 Å². The Kier molecular flexibility index (Phi) is 1.14. The molecular formula is C10H10OS. The van der Waals surface area contributed by atoms with Crippen molar-refractivity contribution in [2.45, 2.75) is 30.6 Å². The van der Waals surface area contributed by atoms with Gasteiger partial charge in [0.05, 0.1) is 5.92 Å². The van der Waals surface area contributed by atoms with Gasteiger partial charge in [0, 0.05) is 4.88 Å². The summed E-state index contributed by atoms with van der Waals surface area (Å²) in [6.07, 6.45) is 4.84. The highest BCUT2D eigenvalue weighted by Crippen LogP contribution is 2.61. The number of hydrogen-bond acceptors (Lipinski definition) is 2. The lowest BCUT2D eigenvalue weighted by Crippen LogP contribution is -2.00. The fraction of sp³-hybridized carbons (Fsp3) is 0.500. The lowest BCUT2D eigenvalue weighted by molar-refractivity contribution is -0.109. The zero-order chi connectivity index (χ0) is 8.18. The molecule has 3 rings (SSSR count). The normalized spacial score (nSPS) is 28.8. The molecule has 0 N–H and O–H groups in total. The van der Waals surface area contributed by atoms with Crippen LogP contribution in [0.2, 0.25) is 0 Å². The second kappa shape index (κ2) is 1.99. The van der Waals surface area contributed by atoms with Crippen molar-refractivity contribution in [2.75, 3.05) is 0 Å². The second-order valence-electron chi connectivity index (χ2n) is 3.93. The average Bonchev–Trinajstić information content (AvgIpc) is 2.60. The Labute approximate surface area is 75.4 Å². The average molecular weight is 178 g/mol. The molecular weight excluding hydrogens is 168 g/mol. The quantitative estimate of drug-likeness (QED) is 0.604. The maximum atomic E-state index is 10.8. The highest BCUT2D eigenvalue weighted by molar-refractivity contribution is 7.10. The molecule has 2 heteroatoms. The number of carbonyl (C=O) groups excluding carboxylic acids is 1. The van der Waals surface area contributed by atoms with Gasteiger partial charge in [0.25, 0.3) is 0 Å². The van der Waals surface area contributed by atoms with Gasteiger partial charge in [-0.15, -0.1) is 11.3 Å². The van der Waals surface area contributed by atoms with Crippen LogP contribution < -0.4 is 0 Å². The number of aldehydes is 1. The highest BCUT2D eigenvalue weighted by atomic mass is 32.1. The highest BCUT2D eigenvalue weighted by Gasteiger charge is 2.52. The molecule has 1 spiro atoms. The van der Waals surface area contributed by atoms with Gasteiger partial charge in [-0.05, 0) is 41.7 Å². The number of carbonyl (C=O) groups is 1. The van der Waals surface area contributed by atoms with Crippen LogP contribution in [0, 0.1) is 0 Å². The summed E-state index contributed by atoms with van der Waals surface area (Å²) in [6, 6.07) is 2.22. The predicted octanol–water partition coefficient (Wildman–Crippen LogP) is 2.47. The molecule has 1 nitrogen and oxygen atoms in total. The molecule has 62 valence electrons. The summed E-state index contributed by atoms with van der Waals surface area (Å²) < 4.78 is 0. The second-order valence-corrected chi connectivity index (χ2v) is 4.87. The maximum Gasteiger partial charge on any atom is 0.128 e. The first-order chi connectivity index (χ1) is 5.86. The molecule has 1 unspecified atom stereocenters. The van der Waals surface area contributed by atoms with E-state index in [-0.39, 0.29) is 5.92 Å². The van der Waals surface area contributed by atoms with Gasteiger partial charge in [-0.3, -0.25) is 0 Å². The van der Waals surface area contributed by atoms with E-state index in [1.54, 1.807) is 11.3 Å². The van der Waals surface area contributed by atoms with Crippen LogP contribution in [0.25, 0.3) is 0 Å². The predicted molar refractivity (Wildman–Crippen MR) is 48.7 cm³/mol. The summed E-state index contributed by atoms with van der Waals surface area (Å²) in [7, 11) is 0. The van der Waals surface area contributed by atoms with E-state index in [1.165, 1.54) is 23.3 Å². The van der Waals surface area contributed by atoms with Gasteiger partial charge in [-0.2, -0.15) is 0 Å². The zero-order valence-corrected chi connectivity index (χ0v) is 7.56. The van der Waals surface area contributed by atoms with Crippen LogP contribution in [0.3, 0.4) is 0 Å². The Hall–Kier alpha value is -0.630. The third kappa shape index (κ3) is 0.667. The number of fused-ring (bicyclic) bond motifs is 2. The van der Waals surface area contributed by atoms with Crippen LogP contribution in [-0.2, 0) is 10.2 Å². The van der Waals surface area contributed by atoms with Crippen molar-refractivity contribution in [1.82, 2.24) is 0 Å². The van der Waals surface area contributed by atoms with Gasteiger partial charge in [0.15, 0.2) is 0 Å². The minimum Gasteiger partial charge on any atom is -0.303 e. The van der Waals surface area contributed by atoms with Gasteiger partial charge < -0.3 is 4.79 Å². The summed E-state index contributed by atoms with van der Waals surface area (Å²) in [5.41, 5.74) is 1.95. The molecule has 0 saturated heterocycles. The van der Waals surface area contributed by atoms with Gasteiger partial charge in [-0.1, -0.05) is 0 Å². The minimum atomic E-state index is 0.225. The Bertz CT molecular complexity index is 335. The third-order valence-corrected chi connectivity index (χ3v) is 4.28. The molecule has 2 aliphatic rings. The Morgan fingerprint density at radius 1 is 1.58 bits per heavy atom. The number of thiophene rings is 1. The molecule has 2 aliphatic carbocycles. The van der Waals surface area contributed by atoms with Gasteiger partial charge in [0.1, 0.15) is 6.29 Å². The zero-order valence-electron chi connectivity index (χ0n) is 6.75. The lowest BCUT2D eigenvalue weighted by atomic mass is 9.99. The van der Waals surface area contributed by atoms with Crippen LogP contribution in [0.4, 0.5) is 0 Å². The topological polar surface area (TPSA) is 17.1 Å². The summed E-state index contributed by atoms with van der Waals surface area (Å²) in [5, 5.41) is 2.13. The van der Waals surface area contributed by atoms with Crippen LogP contribution in [0.15, 0.2) is 11.4 Å². The largest absolute Gasteiger partial charge is 0.303 e. The van der Waals surface area contributed by atoms with Gasteiger partial charge in [0.2, 0.25) is 0 Å². The molecule has 1 aromatic heterocycles. The van der Waals surface area contributed by atoms with Crippen LogP contribution in [0.5, 0.6) is 0 Å². The first-order valence-electron chi connectivity index (χ1n) is 4.39. The number of rotatable bonds is 1. The van der Waals surface area contributed by atoms with Crippen molar-refractivity contribution in [3.05, 3.63) is 21.9 Å². The van der Waals surface area contributed by atoms with E-state index in [0.717, 1.165) is 12.7 Å². The van der Waals surface area contributed by atoms with E-state index in [1.807, 2.05) is 0 Å². The van der Waals surface area contributed by atoms with E-state index in [0.29, 0.717) is 5.41 Å². The van der Waals surface area contributed by atoms with Crippen LogP contribution in [0.1, 0.15) is 35.6 Å². The molecule has 1 fully saturated rings. The van der Waals surface area contributed by atoms with Crippen molar-refractivity contribution in [3.63, 3.8) is 0 Å². The first kappa shape index (κ1) is 6.84. The number of hydrogen-bond donors (Lipinski definition) is 0. The Morgan fingerprint density at radius 2 is 2.42 bits per heavy atom. The van der Waals surface area contributed by atoms with Crippen LogP contribution in [-0.4, -0.2) is 6.29 Å². The fourth-order valence-corrected chi connectivity index (χ4v) is 3.48. The van der Waals surface area contributed by atoms with E-state index < -0.39 is 0 Å². The molecule has 0 aliphatic heterocycles. The van der Waals surface area contributed by atoms with E-state index in [2.05, 4.69) is 11.4 Å². The molecule has 0 amide bonds. The van der Waals surface area contributed by atoms with Crippen molar-refractivity contribution in [2.24, 2.45) is 0 Å². The lowest BCUT2D eigenvalue weighted by Gasteiger charge is -2.03. The van der Waals surface area contributed by atoms with Crippen molar-refractivity contribution in [1.29, 1.82) is 0 Å². The first-order valence-corrected chi connectivity index (χ1v) is 5.27. The molecule has 0 aromatic carbocycles. The fourth-order valence-electron chi connectivity index (χ4n) is 2.40. The molecule has 0 radical (unpaired) electrons. The maximum absolute atomic E-state index is 10.8. The monoisotopic (exact) mass is 178 g/mol. The summed E-state index contributed by atoms with van der Waals surface area (Å²) in [5.74, 6) is 0.225. The summed E-state index contributed by atoms with van der Waals surface area (Å²) in [6.45, 7) is 0. The molecule has 12 heavy (non-hydrogen) atoms. The minimum absolute atomic E-state index is 0.225. The van der Waals surface area contributed by atoms with Crippen molar-refractivity contribution in [3.8, 4) is 0 Å². The van der Waals surface area contributed by atoms with E-state index in [4.69, 9.17) is 0 Å². The standard InChI is InChI=1S/C10H10OS/c11-6-7-5-10(2-3-10)8-1-4-12-9(7)8/h1,4,6-7H,2-3,5H2.